The standard InChI is InChI=1S/C16H21FN2O4S/c1-11-8-13(2-3-15(11)17)18-16(20)12-4-6-19(9-12)24(21,22)14-5-7-23-10-14/h2-3,8,12,14H,4-7,9-10H2,1H3,(H,18,20)/t12-,14?/m0/s1. The fourth-order valence-corrected chi connectivity index (χ4v) is 4.93. The molecule has 2 aliphatic heterocycles. The third-order valence-electron chi connectivity index (χ3n) is 4.62. The fourth-order valence-electron chi connectivity index (χ4n) is 3.10. The molecule has 2 atom stereocenters. The van der Waals surface area contributed by atoms with Crippen molar-refractivity contribution >= 4 is 21.6 Å². The summed E-state index contributed by atoms with van der Waals surface area (Å²) < 4.78 is 44.9. The van der Waals surface area contributed by atoms with Gasteiger partial charge in [0, 0.05) is 25.4 Å². The average molecular weight is 356 g/mol. The SMILES string of the molecule is Cc1cc(NC(=O)[C@H]2CCN(S(=O)(=O)C3CCOC3)C2)ccc1F. The molecule has 0 aliphatic carbocycles. The summed E-state index contributed by atoms with van der Waals surface area (Å²) in [7, 11) is -3.41. The maximum Gasteiger partial charge on any atom is 0.228 e. The van der Waals surface area contributed by atoms with Crippen molar-refractivity contribution in [3.8, 4) is 0 Å². The van der Waals surface area contributed by atoms with Crippen LogP contribution >= 0.6 is 0 Å². The minimum absolute atomic E-state index is 0.185. The first-order valence-electron chi connectivity index (χ1n) is 8.01. The zero-order valence-electron chi connectivity index (χ0n) is 13.5. The monoisotopic (exact) mass is 356 g/mol. The number of carbonyl (C=O) groups is 1. The Morgan fingerprint density at radius 1 is 1.38 bits per heavy atom. The van der Waals surface area contributed by atoms with Gasteiger partial charge in [0.05, 0.1) is 12.5 Å². The molecule has 0 bridgehead atoms. The van der Waals surface area contributed by atoms with Crippen molar-refractivity contribution in [1.29, 1.82) is 0 Å². The fraction of sp³-hybridized carbons (Fsp3) is 0.562. The largest absolute Gasteiger partial charge is 0.380 e. The highest BCUT2D eigenvalue weighted by Crippen LogP contribution is 2.26. The van der Waals surface area contributed by atoms with E-state index in [1.54, 1.807) is 13.0 Å². The van der Waals surface area contributed by atoms with Gasteiger partial charge in [-0.3, -0.25) is 4.79 Å². The van der Waals surface area contributed by atoms with Crippen molar-refractivity contribution in [2.75, 3.05) is 31.6 Å². The van der Waals surface area contributed by atoms with Gasteiger partial charge in [0.25, 0.3) is 0 Å². The molecule has 2 heterocycles. The lowest BCUT2D eigenvalue weighted by Gasteiger charge is -2.20. The van der Waals surface area contributed by atoms with Crippen LogP contribution in [0.3, 0.4) is 0 Å². The van der Waals surface area contributed by atoms with E-state index in [0.29, 0.717) is 37.2 Å². The molecule has 1 amide bonds. The van der Waals surface area contributed by atoms with Gasteiger partial charge >= 0.3 is 0 Å². The Labute approximate surface area is 141 Å². The van der Waals surface area contributed by atoms with Gasteiger partial charge in [-0.25, -0.2) is 17.1 Å². The van der Waals surface area contributed by atoms with Gasteiger partial charge in [-0.1, -0.05) is 0 Å². The number of anilines is 1. The molecule has 6 nitrogen and oxygen atoms in total. The van der Waals surface area contributed by atoms with Crippen LogP contribution in [-0.2, 0) is 19.6 Å². The Morgan fingerprint density at radius 3 is 2.83 bits per heavy atom. The molecule has 1 unspecified atom stereocenters. The van der Waals surface area contributed by atoms with Crippen LogP contribution in [0.4, 0.5) is 10.1 Å². The highest BCUT2D eigenvalue weighted by molar-refractivity contribution is 7.89. The summed E-state index contributed by atoms with van der Waals surface area (Å²) in [6, 6.07) is 4.36. The van der Waals surface area contributed by atoms with E-state index in [2.05, 4.69) is 5.32 Å². The molecular weight excluding hydrogens is 335 g/mol. The number of halogens is 1. The van der Waals surface area contributed by atoms with E-state index in [0.717, 1.165) is 0 Å². The lowest BCUT2D eigenvalue weighted by atomic mass is 10.1. The Bertz CT molecular complexity index is 732. The average Bonchev–Trinajstić information content (AvgIpc) is 3.22. The highest BCUT2D eigenvalue weighted by Gasteiger charge is 2.40. The van der Waals surface area contributed by atoms with Crippen LogP contribution in [0.5, 0.6) is 0 Å². The molecule has 0 saturated carbocycles. The van der Waals surface area contributed by atoms with Crippen LogP contribution in [0, 0.1) is 18.7 Å². The number of benzene rings is 1. The predicted molar refractivity (Wildman–Crippen MR) is 87.6 cm³/mol. The Balaban J connectivity index is 1.62. The smallest absolute Gasteiger partial charge is 0.228 e. The first-order chi connectivity index (χ1) is 11.4. The van der Waals surface area contributed by atoms with Crippen LogP contribution in [0.15, 0.2) is 18.2 Å². The number of ether oxygens (including phenoxy) is 1. The molecule has 132 valence electrons. The van der Waals surface area contributed by atoms with Crippen LogP contribution in [0.1, 0.15) is 18.4 Å². The molecule has 24 heavy (non-hydrogen) atoms. The van der Waals surface area contributed by atoms with Crippen LogP contribution in [0.25, 0.3) is 0 Å². The Hall–Kier alpha value is -1.51. The molecule has 0 aromatic heterocycles. The number of carbonyl (C=O) groups excluding carboxylic acids is 1. The normalized spacial score (nSPS) is 25.1. The topological polar surface area (TPSA) is 75.7 Å². The number of amides is 1. The summed E-state index contributed by atoms with van der Waals surface area (Å²) in [4.78, 5) is 12.4. The van der Waals surface area contributed by atoms with E-state index in [4.69, 9.17) is 4.74 Å². The van der Waals surface area contributed by atoms with E-state index in [-0.39, 0.29) is 24.9 Å². The minimum atomic E-state index is -3.41. The number of nitrogens with one attached hydrogen (secondary N) is 1. The van der Waals surface area contributed by atoms with Crippen molar-refractivity contribution < 1.29 is 22.3 Å². The Morgan fingerprint density at radius 2 is 2.17 bits per heavy atom. The van der Waals surface area contributed by atoms with Crippen molar-refractivity contribution in [3.63, 3.8) is 0 Å². The van der Waals surface area contributed by atoms with Crippen LogP contribution in [0.2, 0.25) is 0 Å². The summed E-state index contributed by atoms with van der Waals surface area (Å²) in [6.07, 6.45) is 0.989. The van der Waals surface area contributed by atoms with Gasteiger partial charge in [-0.2, -0.15) is 0 Å². The summed E-state index contributed by atoms with van der Waals surface area (Å²) in [6.45, 7) is 2.85. The molecule has 1 aromatic rings. The molecule has 0 spiro atoms. The highest BCUT2D eigenvalue weighted by atomic mass is 32.2. The molecular formula is C16H21FN2O4S. The number of hydrogen-bond donors (Lipinski definition) is 1. The van der Waals surface area contributed by atoms with Crippen molar-refractivity contribution in [2.45, 2.75) is 25.0 Å². The molecule has 2 aliphatic rings. The molecule has 3 rings (SSSR count). The van der Waals surface area contributed by atoms with E-state index in [1.807, 2.05) is 0 Å². The number of rotatable bonds is 4. The van der Waals surface area contributed by atoms with Gasteiger partial charge in [0.15, 0.2) is 0 Å². The van der Waals surface area contributed by atoms with Gasteiger partial charge < -0.3 is 10.1 Å². The number of aryl methyl sites for hydroxylation is 1. The third-order valence-corrected chi connectivity index (χ3v) is 6.88. The van der Waals surface area contributed by atoms with Gasteiger partial charge in [0.2, 0.25) is 15.9 Å². The Kier molecular flexibility index (Phi) is 4.89. The molecule has 1 N–H and O–H groups in total. The molecule has 2 saturated heterocycles. The minimum Gasteiger partial charge on any atom is -0.380 e. The van der Waals surface area contributed by atoms with E-state index in [9.17, 15) is 17.6 Å². The predicted octanol–water partition coefficient (Wildman–Crippen LogP) is 1.51. The van der Waals surface area contributed by atoms with Gasteiger partial charge in [-0.05, 0) is 43.5 Å². The van der Waals surface area contributed by atoms with Gasteiger partial charge in [0.1, 0.15) is 11.1 Å². The van der Waals surface area contributed by atoms with Crippen molar-refractivity contribution in [3.05, 3.63) is 29.6 Å². The summed E-state index contributed by atoms with van der Waals surface area (Å²) in [5.74, 6) is -0.959. The number of nitrogens with zero attached hydrogens (tertiary/aromatic N) is 1. The summed E-state index contributed by atoms with van der Waals surface area (Å²) in [5.41, 5.74) is 0.967. The number of sulfonamides is 1. The van der Waals surface area contributed by atoms with Crippen molar-refractivity contribution in [2.24, 2.45) is 5.92 Å². The first-order valence-corrected chi connectivity index (χ1v) is 9.52. The van der Waals surface area contributed by atoms with Crippen LogP contribution < -0.4 is 5.32 Å². The molecule has 8 heteroatoms. The summed E-state index contributed by atoms with van der Waals surface area (Å²) in [5, 5.41) is 2.24. The third kappa shape index (κ3) is 3.45. The maximum atomic E-state index is 13.3. The quantitative estimate of drug-likeness (QED) is 0.887. The van der Waals surface area contributed by atoms with E-state index >= 15 is 0 Å². The second kappa shape index (κ2) is 6.78. The zero-order chi connectivity index (χ0) is 17.3. The zero-order valence-corrected chi connectivity index (χ0v) is 14.3. The van der Waals surface area contributed by atoms with E-state index in [1.165, 1.54) is 16.4 Å². The second-order valence-electron chi connectivity index (χ2n) is 6.33. The number of hydrogen-bond acceptors (Lipinski definition) is 4. The van der Waals surface area contributed by atoms with Crippen molar-refractivity contribution in [1.82, 2.24) is 4.31 Å². The molecule has 2 fully saturated rings. The lowest BCUT2D eigenvalue weighted by Crippen LogP contribution is -2.38. The second-order valence-corrected chi connectivity index (χ2v) is 8.54. The first kappa shape index (κ1) is 17.3. The van der Waals surface area contributed by atoms with E-state index < -0.39 is 21.2 Å². The summed E-state index contributed by atoms with van der Waals surface area (Å²) >= 11 is 0. The molecule has 0 radical (unpaired) electrons. The van der Waals surface area contributed by atoms with Crippen LogP contribution in [-0.4, -0.2) is 50.2 Å². The maximum absolute atomic E-state index is 13.3. The lowest BCUT2D eigenvalue weighted by molar-refractivity contribution is -0.119. The van der Waals surface area contributed by atoms with Gasteiger partial charge in [-0.15, -0.1) is 0 Å². The molecule has 1 aromatic carbocycles.